The normalized spacial score (nSPS) is 10.5. The Bertz CT molecular complexity index is 422. The van der Waals surface area contributed by atoms with Crippen molar-refractivity contribution < 1.29 is 9.18 Å². The van der Waals surface area contributed by atoms with Crippen molar-refractivity contribution in [3.63, 3.8) is 0 Å². The van der Waals surface area contributed by atoms with Gasteiger partial charge in [-0.1, -0.05) is 12.1 Å². The van der Waals surface area contributed by atoms with Crippen LogP contribution >= 0.6 is 15.9 Å². The van der Waals surface area contributed by atoms with Crippen LogP contribution in [0.25, 0.3) is 0 Å². The van der Waals surface area contributed by atoms with Crippen LogP contribution in [0.4, 0.5) is 4.39 Å². The topological polar surface area (TPSA) is 32.3 Å². The molecule has 1 rings (SSSR count). The number of nitrogens with one attached hydrogen (secondary N) is 1. The Morgan fingerprint density at radius 2 is 2.05 bits per heavy atom. The molecule has 19 heavy (non-hydrogen) atoms. The summed E-state index contributed by atoms with van der Waals surface area (Å²) in [4.78, 5) is 13.6. The zero-order chi connectivity index (χ0) is 14.3. The molecule has 1 aromatic rings. The van der Waals surface area contributed by atoms with Crippen LogP contribution in [0, 0.1) is 5.82 Å². The van der Waals surface area contributed by atoms with Crippen LogP contribution in [0.15, 0.2) is 22.7 Å². The molecule has 1 amide bonds. The maximum atomic E-state index is 13.3. The van der Waals surface area contributed by atoms with Crippen LogP contribution in [0.5, 0.6) is 0 Å². The van der Waals surface area contributed by atoms with E-state index in [0.29, 0.717) is 24.0 Å². The maximum Gasteiger partial charge on any atom is 0.223 e. The number of amides is 1. The number of hydrogen-bond acceptors (Lipinski definition) is 2. The monoisotopic (exact) mass is 330 g/mol. The molecule has 0 bridgehead atoms. The van der Waals surface area contributed by atoms with Crippen molar-refractivity contribution in [2.45, 2.75) is 26.8 Å². The highest BCUT2D eigenvalue weighted by Crippen LogP contribution is 2.19. The molecule has 0 radical (unpaired) electrons. The van der Waals surface area contributed by atoms with Crippen LogP contribution < -0.4 is 5.32 Å². The average Bonchev–Trinajstić information content (AvgIpc) is 2.40. The van der Waals surface area contributed by atoms with Gasteiger partial charge in [0.15, 0.2) is 0 Å². The highest BCUT2D eigenvalue weighted by molar-refractivity contribution is 9.10. The summed E-state index contributed by atoms with van der Waals surface area (Å²) in [6.45, 7) is 6.56. The molecule has 3 nitrogen and oxygen atoms in total. The third kappa shape index (κ3) is 4.91. The van der Waals surface area contributed by atoms with E-state index in [-0.39, 0.29) is 11.7 Å². The average molecular weight is 331 g/mol. The molecule has 0 saturated carbocycles. The second kappa shape index (κ2) is 8.27. The number of rotatable bonds is 7. The predicted octanol–water partition coefficient (Wildman–Crippen LogP) is 2.94. The molecule has 0 spiro atoms. The molecule has 0 saturated heterocycles. The maximum absolute atomic E-state index is 13.3. The lowest BCUT2D eigenvalue weighted by molar-refractivity contribution is -0.130. The summed E-state index contributed by atoms with van der Waals surface area (Å²) in [6.07, 6.45) is 0.467. The standard InChI is InChI=1S/C14H20BrFN2O/c1-3-18(4-2)13(19)8-9-17-10-11-6-5-7-12(16)14(11)15/h5-7,17H,3-4,8-10H2,1-2H3. The van der Waals surface area contributed by atoms with E-state index in [1.807, 2.05) is 19.9 Å². The molecular formula is C14H20BrFN2O. The van der Waals surface area contributed by atoms with Gasteiger partial charge < -0.3 is 10.2 Å². The van der Waals surface area contributed by atoms with Crippen LogP contribution in [0.1, 0.15) is 25.8 Å². The second-order valence-electron chi connectivity index (χ2n) is 4.21. The summed E-state index contributed by atoms with van der Waals surface area (Å²) in [5, 5.41) is 3.16. The number of benzene rings is 1. The van der Waals surface area contributed by atoms with Gasteiger partial charge in [0.2, 0.25) is 5.91 Å². The van der Waals surface area contributed by atoms with Gasteiger partial charge in [-0.2, -0.15) is 0 Å². The van der Waals surface area contributed by atoms with Gasteiger partial charge in [-0.15, -0.1) is 0 Å². The molecule has 0 aliphatic rings. The van der Waals surface area contributed by atoms with Crippen molar-refractivity contribution in [1.29, 1.82) is 0 Å². The summed E-state index contributed by atoms with van der Waals surface area (Å²) < 4.78 is 13.8. The zero-order valence-electron chi connectivity index (χ0n) is 11.4. The van der Waals surface area contributed by atoms with Gasteiger partial charge >= 0.3 is 0 Å². The Hall–Kier alpha value is -0.940. The molecule has 0 unspecified atom stereocenters. The van der Waals surface area contributed by atoms with Crippen molar-refractivity contribution in [3.8, 4) is 0 Å². The Kier molecular flexibility index (Phi) is 7.02. The molecule has 0 aromatic heterocycles. The van der Waals surface area contributed by atoms with Crippen molar-refractivity contribution >= 4 is 21.8 Å². The van der Waals surface area contributed by atoms with E-state index < -0.39 is 0 Å². The smallest absolute Gasteiger partial charge is 0.223 e. The Labute approximate surface area is 122 Å². The molecule has 106 valence electrons. The van der Waals surface area contributed by atoms with Gasteiger partial charge in [0.1, 0.15) is 5.82 Å². The van der Waals surface area contributed by atoms with E-state index in [4.69, 9.17) is 0 Å². The summed E-state index contributed by atoms with van der Waals surface area (Å²) in [5.41, 5.74) is 0.857. The van der Waals surface area contributed by atoms with Crippen LogP contribution in [-0.2, 0) is 11.3 Å². The number of hydrogen-bond donors (Lipinski definition) is 1. The molecule has 5 heteroatoms. The molecular weight excluding hydrogens is 311 g/mol. The molecule has 0 heterocycles. The van der Waals surface area contributed by atoms with Gasteiger partial charge in [0.05, 0.1) is 4.47 Å². The van der Waals surface area contributed by atoms with Crippen molar-refractivity contribution in [2.75, 3.05) is 19.6 Å². The summed E-state index contributed by atoms with van der Waals surface area (Å²) in [6, 6.07) is 4.95. The van der Waals surface area contributed by atoms with E-state index >= 15 is 0 Å². The zero-order valence-corrected chi connectivity index (χ0v) is 13.0. The molecule has 0 aliphatic heterocycles. The fraction of sp³-hybridized carbons (Fsp3) is 0.500. The second-order valence-corrected chi connectivity index (χ2v) is 5.00. The Balaban J connectivity index is 2.35. The van der Waals surface area contributed by atoms with Crippen molar-refractivity contribution in [1.82, 2.24) is 10.2 Å². The third-order valence-electron chi connectivity index (χ3n) is 2.98. The fourth-order valence-electron chi connectivity index (χ4n) is 1.84. The van der Waals surface area contributed by atoms with Gasteiger partial charge in [0.25, 0.3) is 0 Å². The molecule has 0 fully saturated rings. The first-order valence-electron chi connectivity index (χ1n) is 6.51. The number of nitrogens with zero attached hydrogens (tertiary/aromatic N) is 1. The van der Waals surface area contributed by atoms with Crippen LogP contribution in [-0.4, -0.2) is 30.4 Å². The first kappa shape index (κ1) is 16.1. The van der Waals surface area contributed by atoms with E-state index in [2.05, 4.69) is 21.2 Å². The minimum absolute atomic E-state index is 0.149. The Morgan fingerprint density at radius 1 is 1.37 bits per heavy atom. The minimum atomic E-state index is -0.265. The quantitative estimate of drug-likeness (QED) is 0.779. The largest absolute Gasteiger partial charge is 0.343 e. The van der Waals surface area contributed by atoms with Crippen LogP contribution in [0.2, 0.25) is 0 Å². The van der Waals surface area contributed by atoms with Crippen molar-refractivity contribution in [2.24, 2.45) is 0 Å². The fourth-order valence-corrected chi connectivity index (χ4v) is 2.24. The first-order valence-corrected chi connectivity index (χ1v) is 7.30. The van der Waals surface area contributed by atoms with E-state index in [0.717, 1.165) is 18.7 Å². The van der Waals surface area contributed by atoms with E-state index in [9.17, 15) is 9.18 Å². The van der Waals surface area contributed by atoms with Gasteiger partial charge in [-0.3, -0.25) is 4.79 Å². The summed E-state index contributed by atoms with van der Waals surface area (Å²) in [5.74, 6) is -0.116. The molecule has 0 aliphatic carbocycles. The Morgan fingerprint density at radius 3 is 2.68 bits per heavy atom. The number of carbonyl (C=O) groups is 1. The summed E-state index contributed by atoms with van der Waals surface area (Å²) >= 11 is 3.22. The van der Waals surface area contributed by atoms with Gasteiger partial charge in [-0.25, -0.2) is 4.39 Å². The highest BCUT2D eigenvalue weighted by atomic mass is 79.9. The summed E-state index contributed by atoms with van der Waals surface area (Å²) in [7, 11) is 0. The molecule has 1 aromatic carbocycles. The third-order valence-corrected chi connectivity index (χ3v) is 3.87. The van der Waals surface area contributed by atoms with Crippen LogP contribution in [0.3, 0.4) is 0 Å². The molecule has 0 atom stereocenters. The van der Waals surface area contributed by atoms with Crippen molar-refractivity contribution in [3.05, 3.63) is 34.1 Å². The van der Waals surface area contributed by atoms with Gasteiger partial charge in [0, 0.05) is 32.6 Å². The first-order chi connectivity index (χ1) is 9.10. The molecule has 1 N–H and O–H groups in total. The van der Waals surface area contributed by atoms with E-state index in [1.54, 1.807) is 11.0 Å². The highest BCUT2D eigenvalue weighted by Gasteiger charge is 2.09. The van der Waals surface area contributed by atoms with E-state index in [1.165, 1.54) is 6.07 Å². The predicted molar refractivity (Wildman–Crippen MR) is 78.4 cm³/mol. The minimum Gasteiger partial charge on any atom is -0.343 e. The lowest BCUT2D eigenvalue weighted by Gasteiger charge is -2.18. The van der Waals surface area contributed by atoms with Gasteiger partial charge in [-0.05, 0) is 41.4 Å². The SMILES string of the molecule is CCN(CC)C(=O)CCNCc1cccc(F)c1Br. The lowest BCUT2D eigenvalue weighted by Crippen LogP contribution is -2.32. The number of halogens is 2. The lowest BCUT2D eigenvalue weighted by atomic mass is 10.2. The number of carbonyl (C=O) groups excluding carboxylic acids is 1.